The van der Waals surface area contributed by atoms with E-state index in [4.69, 9.17) is 16.3 Å². The molecule has 33 heavy (non-hydrogen) atoms. The number of ether oxygens (including phenoxy) is 1. The van der Waals surface area contributed by atoms with Crippen molar-refractivity contribution in [3.05, 3.63) is 88.9 Å². The maximum absolute atomic E-state index is 12.4. The van der Waals surface area contributed by atoms with Crippen molar-refractivity contribution >= 4 is 35.0 Å². The fourth-order valence-electron chi connectivity index (χ4n) is 3.54. The van der Waals surface area contributed by atoms with Gasteiger partial charge in [0.1, 0.15) is 12.4 Å². The van der Waals surface area contributed by atoms with Crippen LogP contribution in [-0.2, 0) is 11.3 Å². The first kappa shape index (κ1) is 22.5. The lowest BCUT2D eigenvalue weighted by Crippen LogP contribution is -2.48. The largest absolute Gasteiger partial charge is 0.508 e. The van der Waals surface area contributed by atoms with Crippen molar-refractivity contribution in [2.24, 2.45) is 0 Å². The first-order valence-corrected chi connectivity index (χ1v) is 11.0. The molecule has 1 saturated heterocycles. The second-order valence-electron chi connectivity index (χ2n) is 7.70. The van der Waals surface area contributed by atoms with Gasteiger partial charge in [-0.15, -0.1) is 0 Å². The topological polar surface area (TPSA) is 82.1 Å². The first-order chi connectivity index (χ1) is 16.0. The van der Waals surface area contributed by atoms with Crippen molar-refractivity contribution < 1.29 is 19.4 Å². The number of anilines is 2. The van der Waals surface area contributed by atoms with E-state index in [0.717, 1.165) is 11.3 Å². The van der Waals surface area contributed by atoms with Crippen LogP contribution in [-0.4, -0.2) is 48.2 Å². The molecule has 0 spiro atoms. The quantitative estimate of drug-likeness (QED) is 0.531. The van der Waals surface area contributed by atoms with Crippen LogP contribution < -0.4 is 10.2 Å². The highest BCUT2D eigenvalue weighted by Gasteiger charge is 2.22. The molecule has 0 radical (unpaired) electrons. The van der Waals surface area contributed by atoms with Crippen LogP contribution in [0.4, 0.5) is 16.2 Å². The Bertz CT molecular complexity index is 1090. The van der Waals surface area contributed by atoms with Crippen LogP contribution in [0.2, 0.25) is 5.02 Å². The number of aromatic hydroxyl groups is 1. The SMILES string of the molecule is O=C(Nc1ccc(O)cc1)c1ccc(N2CCN(C(=O)OCc3ccc(Cl)cc3)CC2)cc1. The van der Waals surface area contributed by atoms with Crippen molar-refractivity contribution in [3.63, 3.8) is 0 Å². The molecule has 0 bridgehead atoms. The smallest absolute Gasteiger partial charge is 0.410 e. The van der Waals surface area contributed by atoms with Gasteiger partial charge in [-0.05, 0) is 66.2 Å². The molecule has 3 aromatic carbocycles. The highest BCUT2D eigenvalue weighted by Crippen LogP contribution is 2.20. The molecular weight excluding hydrogens is 442 g/mol. The third kappa shape index (κ3) is 5.96. The maximum Gasteiger partial charge on any atom is 0.410 e. The maximum atomic E-state index is 12.4. The number of carbonyl (C=O) groups is 2. The molecule has 4 rings (SSSR count). The average molecular weight is 466 g/mol. The molecule has 3 aromatic rings. The van der Waals surface area contributed by atoms with E-state index >= 15 is 0 Å². The molecule has 2 N–H and O–H groups in total. The molecule has 1 aliphatic rings. The number of hydrogen-bond donors (Lipinski definition) is 2. The second-order valence-corrected chi connectivity index (χ2v) is 8.14. The number of rotatable bonds is 5. The number of benzene rings is 3. The van der Waals surface area contributed by atoms with Gasteiger partial charge in [-0.2, -0.15) is 0 Å². The standard InChI is InChI=1S/C25H24ClN3O4/c26-20-5-1-18(2-6-20)17-33-25(32)29-15-13-28(14-16-29)22-9-3-19(4-10-22)24(31)27-21-7-11-23(30)12-8-21/h1-12,30H,13-17H2,(H,27,31). The van der Waals surface area contributed by atoms with Gasteiger partial charge in [-0.25, -0.2) is 4.79 Å². The summed E-state index contributed by atoms with van der Waals surface area (Å²) < 4.78 is 5.41. The molecule has 0 saturated carbocycles. The second kappa shape index (κ2) is 10.3. The number of halogens is 1. The van der Waals surface area contributed by atoms with E-state index in [-0.39, 0.29) is 24.4 Å². The first-order valence-electron chi connectivity index (χ1n) is 10.6. The van der Waals surface area contributed by atoms with Crippen molar-refractivity contribution in [1.82, 2.24) is 4.90 Å². The van der Waals surface area contributed by atoms with E-state index in [1.807, 2.05) is 24.3 Å². The Balaban J connectivity index is 1.26. The van der Waals surface area contributed by atoms with Crippen LogP contribution in [0, 0.1) is 0 Å². The normalized spacial score (nSPS) is 13.5. The van der Waals surface area contributed by atoms with E-state index in [1.54, 1.807) is 41.3 Å². The number of amides is 2. The van der Waals surface area contributed by atoms with Crippen molar-refractivity contribution in [2.45, 2.75) is 6.61 Å². The Kier molecular flexibility index (Phi) is 7.00. The van der Waals surface area contributed by atoms with Crippen LogP contribution in [0.1, 0.15) is 15.9 Å². The highest BCUT2D eigenvalue weighted by atomic mass is 35.5. The zero-order valence-corrected chi connectivity index (χ0v) is 18.7. The lowest BCUT2D eigenvalue weighted by atomic mass is 10.1. The minimum Gasteiger partial charge on any atom is -0.508 e. The van der Waals surface area contributed by atoms with Crippen LogP contribution in [0.3, 0.4) is 0 Å². The van der Waals surface area contributed by atoms with Gasteiger partial charge in [0.05, 0.1) is 0 Å². The predicted molar refractivity (Wildman–Crippen MR) is 128 cm³/mol. The van der Waals surface area contributed by atoms with Gasteiger partial charge in [0.25, 0.3) is 5.91 Å². The number of nitrogens with zero attached hydrogens (tertiary/aromatic N) is 2. The van der Waals surface area contributed by atoms with Gasteiger partial charge in [-0.1, -0.05) is 23.7 Å². The number of phenols is 1. The van der Waals surface area contributed by atoms with Gasteiger partial charge >= 0.3 is 6.09 Å². The molecule has 1 fully saturated rings. The van der Waals surface area contributed by atoms with Crippen LogP contribution in [0.15, 0.2) is 72.8 Å². The summed E-state index contributed by atoms with van der Waals surface area (Å²) in [6.07, 6.45) is -0.328. The minimum atomic E-state index is -0.328. The van der Waals surface area contributed by atoms with E-state index in [1.165, 1.54) is 12.1 Å². The summed E-state index contributed by atoms with van der Waals surface area (Å²) in [5.41, 5.74) is 3.03. The molecule has 170 valence electrons. The molecule has 0 aromatic heterocycles. The number of phenolic OH excluding ortho intramolecular Hbond substituents is 1. The van der Waals surface area contributed by atoms with E-state index in [2.05, 4.69) is 10.2 Å². The van der Waals surface area contributed by atoms with Gasteiger partial charge in [0, 0.05) is 48.1 Å². The number of hydrogen-bond acceptors (Lipinski definition) is 5. The molecule has 1 aliphatic heterocycles. The van der Waals surface area contributed by atoms with Gasteiger partial charge in [-0.3, -0.25) is 4.79 Å². The molecular formula is C25H24ClN3O4. The summed E-state index contributed by atoms with van der Waals surface area (Å²) in [6.45, 7) is 2.68. The molecule has 0 atom stereocenters. The van der Waals surface area contributed by atoms with E-state index in [0.29, 0.717) is 42.5 Å². The zero-order chi connectivity index (χ0) is 23.2. The van der Waals surface area contributed by atoms with Crippen molar-refractivity contribution in [3.8, 4) is 5.75 Å². The van der Waals surface area contributed by atoms with Crippen molar-refractivity contribution in [2.75, 3.05) is 36.4 Å². The highest BCUT2D eigenvalue weighted by molar-refractivity contribution is 6.30. The molecule has 7 nitrogen and oxygen atoms in total. The molecule has 8 heteroatoms. The molecule has 1 heterocycles. The number of carbonyl (C=O) groups excluding carboxylic acids is 2. The van der Waals surface area contributed by atoms with Crippen LogP contribution in [0.25, 0.3) is 0 Å². The third-order valence-electron chi connectivity index (χ3n) is 5.43. The summed E-state index contributed by atoms with van der Waals surface area (Å²) in [7, 11) is 0. The Labute approximate surface area is 197 Å². The van der Waals surface area contributed by atoms with Gasteiger partial charge in [0.2, 0.25) is 0 Å². The Morgan fingerprint density at radius 2 is 1.52 bits per heavy atom. The van der Waals surface area contributed by atoms with Gasteiger partial charge < -0.3 is 25.0 Å². The third-order valence-corrected chi connectivity index (χ3v) is 5.69. The molecule has 2 amide bonds. The number of piperazine rings is 1. The fraction of sp³-hybridized carbons (Fsp3) is 0.200. The van der Waals surface area contributed by atoms with Crippen LogP contribution in [0.5, 0.6) is 5.75 Å². The summed E-state index contributed by atoms with van der Waals surface area (Å²) in [4.78, 5) is 28.7. The number of nitrogens with one attached hydrogen (secondary N) is 1. The lowest BCUT2D eigenvalue weighted by molar-refractivity contribution is 0.0941. The fourth-order valence-corrected chi connectivity index (χ4v) is 3.66. The molecule has 0 aliphatic carbocycles. The Hall–Kier alpha value is -3.71. The van der Waals surface area contributed by atoms with Crippen LogP contribution >= 0.6 is 11.6 Å². The van der Waals surface area contributed by atoms with E-state index < -0.39 is 0 Å². The molecule has 0 unspecified atom stereocenters. The minimum absolute atomic E-state index is 0.146. The average Bonchev–Trinajstić information content (AvgIpc) is 2.85. The Morgan fingerprint density at radius 1 is 0.879 bits per heavy atom. The van der Waals surface area contributed by atoms with Crippen molar-refractivity contribution in [1.29, 1.82) is 0 Å². The summed E-state index contributed by atoms with van der Waals surface area (Å²) in [5.74, 6) is -0.0761. The lowest BCUT2D eigenvalue weighted by Gasteiger charge is -2.35. The summed E-state index contributed by atoms with van der Waals surface area (Å²) >= 11 is 5.87. The Morgan fingerprint density at radius 3 is 2.15 bits per heavy atom. The van der Waals surface area contributed by atoms with E-state index in [9.17, 15) is 14.7 Å². The summed E-state index contributed by atoms with van der Waals surface area (Å²) in [5, 5.41) is 12.8. The monoisotopic (exact) mass is 465 g/mol. The zero-order valence-electron chi connectivity index (χ0n) is 17.9. The summed E-state index contributed by atoms with van der Waals surface area (Å²) in [6, 6.07) is 20.9. The predicted octanol–water partition coefficient (Wildman–Crippen LogP) is 4.76. The van der Waals surface area contributed by atoms with Gasteiger partial charge in [0.15, 0.2) is 0 Å².